The zero-order chi connectivity index (χ0) is 15.3. The summed E-state index contributed by atoms with van der Waals surface area (Å²) in [6, 6.07) is 9.51. The number of hydrogen-bond donors (Lipinski definition) is 0. The van der Waals surface area contributed by atoms with Gasteiger partial charge in [-0.3, -0.25) is 4.79 Å². The van der Waals surface area contributed by atoms with Crippen molar-refractivity contribution in [3.63, 3.8) is 0 Å². The Hall–Kier alpha value is -1.82. The van der Waals surface area contributed by atoms with Gasteiger partial charge in [0.1, 0.15) is 0 Å². The van der Waals surface area contributed by atoms with Crippen molar-refractivity contribution in [1.82, 2.24) is 4.90 Å². The van der Waals surface area contributed by atoms with Crippen molar-refractivity contribution in [2.45, 2.75) is 40.7 Å². The summed E-state index contributed by atoms with van der Waals surface area (Å²) >= 11 is 0. The molecular weight excluding hydrogens is 248 g/mol. The minimum absolute atomic E-state index is 0.136. The normalized spacial score (nSPS) is 12.6. The second-order valence-corrected chi connectivity index (χ2v) is 6.53. The predicted molar refractivity (Wildman–Crippen MR) is 80.9 cm³/mol. The molecule has 3 nitrogen and oxygen atoms in total. The molecule has 0 spiro atoms. The summed E-state index contributed by atoms with van der Waals surface area (Å²) in [5.41, 5.74) is 1.76. The molecule has 0 radical (unpaired) electrons. The van der Waals surface area contributed by atoms with Gasteiger partial charge in [-0.1, -0.05) is 39.8 Å². The lowest BCUT2D eigenvalue weighted by Gasteiger charge is -2.28. The SMILES string of the molecule is CC(CC(=O)N(C)Cc1cccc(C#N)c1)C(C)(C)C. The van der Waals surface area contributed by atoms with Crippen LogP contribution in [-0.4, -0.2) is 17.9 Å². The van der Waals surface area contributed by atoms with E-state index in [2.05, 4.69) is 33.8 Å². The molecule has 1 unspecified atom stereocenters. The van der Waals surface area contributed by atoms with Crippen LogP contribution in [-0.2, 0) is 11.3 Å². The average Bonchev–Trinajstić information content (AvgIpc) is 2.37. The van der Waals surface area contributed by atoms with Gasteiger partial charge in [0.05, 0.1) is 11.6 Å². The average molecular weight is 272 g/mol. The number of benzene rings is 1. The molecule has 108 valence electrons. The quantitative estimate of drug-likeness (QED) is 0.840. The molecule has 0 fully saturated rings. The topological polar surface area (TPSA) is 44.1 Å². The largest absolute Gasteiger partial charge is 0.341 e. The molecule has 20 heavy (non-hydrogen) atoms. The maximum atomic E-state index is 12.2. The van der Waals surface area contributed by atoms with Gasteiger partial charge in [-0.2, -0.15) is 5.26 Å². The first-order valence-electron chi connectivity index (χ1n) is 6.97. The molecule has 0 aliphatic heterocycles. The zero-order valence-electron chi connectivity index (χ0n) is 13.1. The van der Waals surface area contributed by atoms with Crippen molar-refractivity contribution >= 4 is 5.91 Å². The van der Waals surface area contributed by atoms with Crippen molar-refractivity contribution in [3.8, 4) is 6.07 Å². The first kappa shape index (κ1) is 16.2. The molecule has 0 heterocycles. The third kappa shape index (κ3) is 4.70. The third-order valence-electron chi connectivity index (χ3n) is 3.86. The lowest BCUT2D eigenvalue weighted by Crippen LogP contribution is -2.30. The van der Waals surface area contributed by atoms with E-state index in [1.807, 2.05) is 25.2 Å². The third-order valence-corrected chi connectivity index (χ3v) is 3.86. The van der Waals surface area contributed by atoms with Crippen LogP contribution in [0.4, 0.5) is 0 Å². The van der Waals surface area contributed by atoms with Gasteiger partial charge in [0, 0.05) is 20.0 Å². The molecule has 0 N–H and O–H groups in total. The van der Waals surface area contributed by atoms with Crippen LogP contribution in [0.1, 0.15) is 45.2 Å². The van der Waals surface area contributed by atoms with E-state index in [0.29, 0.717) is 24.4 Å². The number of nitrogens with zero attached hydrogens (tertiary/aromatic N) is 2. The molecule has 1 aromatic carbocycles. The Balaban J connectivity index is 2.64. The minimum atomic E-state index is 0.136. The van der Waals surface area contributed by atoms with Gasteiger partial charge in [-0.05, 0) is 29.0 Å². The Bertz CT molecular complexity index is 508. The fourth-order valence-corrected chi connectivity index (χ4v) is 1.83. The molecule has 3 heteroatoms. The zero-order valence-corrected chi connectivity index (χ0v) is 13.1. The Morgan fingerprint density at radius 1 is 1.40 bits per heavy atom. The van der Waals surface area contributed by atoms with E-state index in [1.54, 1.807) is 11.0 Å². The molecular formula is C17H24N2O. The second-order valence-electron chi connectivity index (χ2n) is 6.53. The predicted octanol–water partition coefficient (Wildman–Crippen LogP) is 3.59. The highest BCUT2D eigenvalue weighted by Crippen LogP contribution is 2.28. The van der Waals surface area contributed by atoms with E-state index in [1.165, 1.54) is 0 Å². The number of nitriles is 1. The van der Waals surface area contributed by atoms with E-state index < -0.39 is 0 Å². The number of carbonyl (C=O) groups is 1. The summed E-state index contributed by atoms with van der Waals surface area (Å²) in [4.78, 5) is 14.0. The number of carbonyl (C=O) groups excluding carboxylic acids is 1. The number of amides is 1. The molecule has 0 saturated heterocycles. The maximum absolute atomic E-state index is 12.2. The highest BCUT2D eigenvalue weighted by atomic mass is 16.2. The van der Waals surface area contributed by atoms with E-state index in [-0.39, 0.29) is 11.3 Å². The van der Waals surface area contributed by atoms with Gasteiger partial charge in [0.2, 0.25) is 5.91 Å². The smallest absolute Gasteiger partial charge is 0.222 e. The molecule has 0 saturated carbocycles. The van der Waals surface area contributed by atoms with Crippen LogP contribution in [0.3, 0.4) is 0 Å². The van der Waals surface area contributed by atoms with Crippen molar-refractivity contribution in [2.75, 3.05) is 7.05 Å². The fraction of sp³-hybridized carbons (Fsp3) is 0.529. The number of hydrogen-bond acceptors (Lipinski definition) is 2. The van der Waals surface area contributed by atoms with E-state index >= 15 is 0 Å². The van der Waals surface area contributed by atoms with Crippen LogP contribution in [0.25, 0.3) is 0 Å². The van der Waals surface area contributed by atoms with Crippen molar-refractivity contribution in [3.05, 3.63) is 35.4 Å². The van der Waals surface area contributed by atoms with Crippen LogP contribution >= 0.6 is 0 Å². The first-order valence-corrected chi connectivity index (χ1v) is 6.97. The van der Waals surface area contributed by atoms with Gasteiger partial charge in [-0.25, -0.2) is 0 Å². The van der Waals surface area contributed by atoms with Crippen molar-refractivity contribution in [1.29, 1.82) is 5.26 Å². The van der Waals surface area contributed by atoms with Crippen LogP contribution < -0.4 is 0 Å². The second kappa shape index (κ2) is 6.56. The van der Waals surface area contributed by atoms with E-state index in [9.17, 15) is 4.79 Å². The summed E-state index contributed by atoms with van der Waals surface area (Å²) in [7, 11) is 1.82. The van der Waals surface area contributed by atoms with Crippen LogP contribution in [0.15, 0.2) is 24.3 Å². The molecule has 0 aliphatic carbocycles. The Morgan fingerprint density at radius 3 is 2.60 bits per heavy atom. The monoisotopic (exact) mass is 272 g/mol. The lowest BCUT2D eigenvalue weighted by molar-refractivity contribution is -0.132. The molecule has 0 aliphatic rings. The van der Waals surface area contributed by atoms with Crippen molar-refractivity contribution < 1.29 is 4.79 Å². The molecule has 1 amide bonds. The fourth-order valence-electron chi connectivity index (χ4n) is 1.83. The molecule has 1 atom stereocenters. The van der Waals surface area contributed by atoms with Crippen LogP contribution in [0, 0.1) is 22.7 Å². The molecule has 0 bridgehead atoms. The summed E-state index contributed by atoms with van der Waals surface area (Å²) in [6.07, 6.45) is 0.554. The standard InChI is InChI=1S/C17H24N2O/c1-13(17(2,3)4)9-16(20)19(5)12-15-8-6-7-14(10-15)11-18/h6-8,10,13H,9,12H2,1-5H3. The molecule has 0 aromatic heterocycles. The van der Waals surface area contributed by atoms with Crippen molar-refractivity contribution in [2.24, 2.45) is 11.3 Å². The van der Waals surface area contributed by atoms with Crippen LogP contribution in [0.5, 0.6) is 0 Å². The Labute approximate surface area is 122 Å². The van der Waals surface area contributed by atoms with Gasteiger partial charge in [0.15, 0.2) is 0 Å². The Kier molecular flexibility index (Phi) is 5.33. The number of rotatable bonds is 4. The molecule has 1 aromatic rings. The lowest BCUT2D eigenvalue weighted by atomic mass is 9.80. The molecule has 1 rings (SSSR count). The highest BCUT2D eigenvalue weighted by molar-refractivity contribution is 5.76. The van der Waals surface area contributed by atoms with Crippen LogP contribution in [0.2, 0.25) is 0 Å². The van der Waals surface area contributed by atoms with E-state index in [0.717, 1.165) is 5.56 Å². The first-order chi connectivity index (χ1) is 9.24. The van der Waals surface area contributed by atoms with Gasteiger partial charge < -0.3 is 4.90 Å². The summed E-state index contributed by atoms with van der Waals surface area (Å²) in [6.45, 7) is 9.12. The van der Waals surface area contributed by atoms with Gasteiger partial charge in [0.25, 0.3) is 0 Å². The van der Waals surface area contributed by atoms with Gasteiger partial charge in [-0.15, -0.1) is 0 Å². The maximum Gasteiger partial charge on any atom is 0.222 e. The summed E-state index contributed by atoms with van der Waals surface area (Å²) in [5.74, 6) is 0.484. The summed E-state index contributed by atoms with van der Waals surface area (Å²) in [5, 5.41) is 8.88. The Morgan fingerprint density at radius 2 is 2.05 bits per heavy atom. The van der Waals surface area contributed by atoms with Gasteiger partial charge >= 0.3 is 0 Å². The van der Waals surface area contributed by atoms with E-state index in [4.69, 9.17) is 5.26 Å². The summed E-state index contributed by atoms with van der Waals surface area (Å²) < 4.78 is 0. The minimum Gasteiger partial charge on any atom is -0.341 e. The highest BCUT2D eigenvalue weighted by Gasteiger charge is 2.24.